The Morgan fingerprint density at radius 2 is 1.79 bits per heavy atom. The zero-order chi connectivity index (χ0) is 13.2. The van der Waals surface area contributed by atoms with Crippen LogP contribution in [0.15, 0.2) is 54.6 Å². The second kappa shape index (κ2) is 5.06. The summed E-state index contributed by atoms with van der Waals surface area (Å²) in [5, 5.41) is 10.4. The van der Waals surface area contributed by atoms with Crippen molar-refractivity contribution in [3.8, 4) is 0 Å². The summed E-state index contributed by atoms with van der Waals surface area (Å²) in [6.07, 6.45) is 0.632. The summed E-state index contributed by atoms with van der Waals surface area (Å²) in [6.45, 7) is 2.87. The van der Waals surface area contributed by atoms with Crippen molar-refractivity contribution >= 4 is 5.69 Å². The molecule has 19 heavy (non-hydrogen) atoms. The number of rotatable bonds is 3. The Morgan fingerprint density at radius 1 is 1.11 bits per heavy atom. The zero-order valence-corrected chi connectivity index (χ0v) is 11.2. The van der Waals surface area contributed by atoms with Crippen LogP contribution in [0.4, 0.5) is 5.69 Å². The first-order valence-corrected chi connectivity index (χ1v) is 6.83. The smallest absolute Gasteiger partial charge is 0.0964 e. The third kappa shape index (κ3) is 2.36. The van der Waals surface area contributed by atoms with E-state index in [1.165, 1.54) is 11.3 Å². The summed E-state index contributed by atoms with van der Waals surface area (Å²) in [4.78, 5) is 2.31. The van der Waals surface area contributed by atoms with E-state index >= 15 is 0 Å². The molecule has 0 amide bonds. The minimum Gasteiger partial charge on any atom is -0.387 e. The van der Waals surface area contributed by atoms with Gasteiger partial charge in [-0.15, -0.1) is 0 Å². The summed E-state index contributed by atoms with van der Waals surface area (Å²) in [7, 11) is 0. The Morgan fingerprint density at radius 3 is 2.58 bits per heavy atom. The summed E-state index contributed by atoms with van der Waals surface area (Å²) in [6, 6.07) is 18.8. The van der Waals surface area contributed by atoms with Crippen molar-refractivity contribution in [3.05, 3.63) is 65.7 Å². The van der Waals surface area contributed by atoms with Crippen molar-refractivity contribution < 1.29 is 5.11 Å². The number of benzene rings is 2. The van der Waals surface area contributed by atoms with E-state index in [1.807, 2.05) is 30.3 Å². The standard InChI is InChI=1S/C17H19NO/c1-13-11-15-9-5-6-10-16(15)18(13)12-17(19)14-7-3-2-4-8-14/h2-10,13,17,19H,11-12H2,1H3. The highest BCUT2D eigenvalue weighted by Crippen LogP contribution is 2.33. The summed E-state index contributed by atoms with van der Waals surface area (Å²) in [5.41, 5.74) is 3.64. The molecule has 0 aromatic heterocycles. The lowest BCUT2D eigenvalue weighted by Crippen LogP contribution is -2.33. The van der Waals surface area contributed by atoms with Crippen molar-refractivity contribution in [2.75, 3.05) is 11.4 Å². The van der Waals surface area contributed by atoms with Gasteiger partial charge in [0.2, 0.25) is 0 Å². The van der Waals surface area contributed by atoms with Gasteiger partial charge in [-0.2, -0.15) is 0 Å². The first kappa shape index (κ1) is 12.2. The summed E-state index contributed by atoms with van der Waals surface area (Å²) in [5.74, 6) is 0. The quantitative estimate of drug-likeness (QED) is 0.908. The molecule has 0 radical (unpaired) electrons. The molecular weight excluding hydrogens is 234 g/mol. The second-order valence-electron chi connectivity index (χ2n) is 5.26. The van der Waals surface area contributed by atoms with E-state index in [1.54, 1.807) is 0 Å². The Labute approximate surface area is 114 Å². The van der Waals surface area contributed by atoms with Gasteiger partial charge in [-0.25, -0.2) is 0 Å². The third-order valence-corrected chi connectivity index (χ3v) is 3.90. The lowest BCUT2D eigenvalue weighted by atomic mass is 10.1. The molecule has 3 rings (SSSR count). The Hall–Kier alpha value is -1.80. The van der Waals surface area contributed by atoms with Crippen LogP contribution in [0.3, 0.4) is 0 Å². The molecule has 98 valence electrons. The number of aliphatic hydroxyl groups is 1. The SMILES string of the molecule is CC1Cc2ccccc2N1CC(O)c1ccccc1. The average Bonchev–Trinajstić information content (AvgIpc) is 2.76. The highest BCUT2D eigenvalue weighted by Gasteiger charge is 2.27. The molecular formula is C17H19NO. The largest absolute Gasteiger partial charge is 0.387 e. The predicted molar refractivity (Wildman–Crippen MR) is 78.4 cm³/mol. The minimum absolute atomic E-state index is 0.435. The van der Waals surface area contributed by atoms with E-state index < -0.39 is 6.10 Å². The maximum atomic E-state index is 10.4. The summed E-state index contributed by atoms with van der Waals surface area (Å²) >= 11 is 0. The maximum absolute atomic E-state index is 10.4. The molecule has 2 unspecified atom stereocenters. The first-order valence-electron chi connectivity index (χ1n) is 6.83. The monoisotopic (exact) mass is 253 g/mol. The lowest BCUT2D eigenvalue weighted by molar-refractivity contribution is 0.181. The zero-order valence-electron chi connectivity index (χ0n) is 11.2. The van der Waals surface area contributed by atoms with Gasteiger partial charge in [-0.1, -0.05) is 48.5 Å². The molecule has 2 aromatic rings. The molecule has 1 aliphatic rings. The van der Waals surface area contributed by atoms with Gasteiger partial charge in [0.05, 0.1) is 6.10 Å². The van der Waals surface area contributed by atoms with Crippen LogP contribution in [-0.4, -0.2) is 17.7 Å². The van der Waals surface area contributed by atoms with Crippen molar-refractivity contribution in [3.63, 3.8) is 0 Å². The van der Waals surface area contributed by atoms with Crippen LogP contribution >= 0.6 is 0 Å². The summed E-state index contributed by atoms with van der Waals surface area (Å²) < 4.78 is 0. The molecule has 1 aliphatic heterocycles. The highest BCUT2D eigenvalue weighted by molar-refractivity contribution is 5.59. The van der Waals surface area contributed by atoms with Crippen LogP contribution in [0.5, 0.6) is 0 Å². The second-order valence-corrected chi connectivity index (χ2v) is 5.26. The Kier molecular flexibility index (Phi) is 3.26. The number of nitrogens with zero attached hydrogens (tertiary/aromatic N) is 1. The van der Waals surface area contributed by atoms with E-state index in [0.717, 1.165) is 12.0 Å². The maximum Gasteiger partial charge on any atom is 0.0964 e. The highest BCUT2D eigenvalue weighted by atomic mass is 16.3. The number of hydrogen-bond acceptors (Lipinski definition) is 2. The number of para-hydroxylation sites is 1. The van der Waals surface area contributed by atoms with Crippen LogP contribution in [0.25, 0.3) is 0 Å². The minimum atomic E-state index is -0.435. The lowest BCUT2D eigenvalue weighted by Gasteiger charge is -2.27. The molecule has 0 fully saturated rings. The predicted octanol–water partition coefficient (Wildman–Crippen LogP) is 3.17. The first-order chi connectivity index (χ1) is 9.25. The molecule has 0 saturated carbocycles. The molecule has 1 heterocycles. The van der Waals surface area contributed by atoms with Crippen molar-refractivity contribution in [1.82, 2.24) is 0 Å². The van der Waals surface area contributed by atoms with Gasteiger partial charge in [0.25, 0.3) is 0 Å². The van der Waals surface area contributed by atoms with Crippen LogP contribution in [-0.2, 0) is 6.42 Å². The van der Waals surface area contributed by atoms with Gasteiger partial charge in [-0.05, 0) is 30.5 Å². The van der Waals surface area contributed by atoms with E-state index in [0.29, 0.717) is 12.6 Å². The van der Waals surface area contributed by atoms with E-state index in [2.05, 4.69) is 36.1 Å². The van der Waals surface area contributed by atoms with Gasteiger partial charge in [0, 0.05) is 18.3 Å². The van der Waals surface area contributed by atoms with Crippen molar-refractivity contribution in [2.45, 2.75) is 25.5 Å². The molecule has 0 saturated heterocycles. The van der Waals surface area contributed by atoms with Crippen LogP contribution in [0.2, 0.25) is 0 Å². The van der Waals surface area contributed by atoms with Gasteiger partial charge < -0.3 is 10.0 Å². The third-order valence-electron chi connectivity index (χ3n) is 3.90. The fraction of sp³-hybridized carbons (Fsp3) is 0.294. The molecule has 2 atom stereocenters. The molecule has 1 N–H and O–H groups in total. The fourth-order valence-electron chi connectivity index (χ4n) is 2.87. The number of β-amino-alcohol motifs (C(OH)–C–C–N with tert-alkyl or cyclic N) is 1. The molecule has 0 aliphatic carbocycles. The Balaban J connectivity index is 1.80. The topological polar surface area (TPSA) is 23.5 Å². The number of fused-ring (bicyclic) bond motifs is 1. The molecule has 2 aromatic carbocycles. The number of hydrogen-bond donors (Lipinski definition) is 1. The van der Waals surface area contributed by atoms with E-state index in [4.69, 9.17) is 0 Å². The normalized spacial score (nSPS) is 19.3. The van der Waals surface area contributed by atoms with Crippen molar-refractivity contribution in [2.24, 2.45) is 0 Å². The molecule has 0 bridgehead atoms. The van der Waals surface area contributed by atoms with Crippen molar-refractivity contribution in [1.29, 1.82) is 0 Å². The van der Waals surface area contributed by atoms with E-state index in [9.17, 15) is 5.11 Å². The van der Waals surface area contributed by atoms with Gasteiger partial charge in [-0.3, -0.25) is 0 Å². The molecule has 0 spiro atoms. The van der Waals surface area contributed by atoms with Crippen LogP contribution in [0, 0.1) is 0 Å². The van der Waals surface area contributed by atoms with Gasteiger partial charge in [0.1, 0.15) is 0 Å². The average molecular weight is 253 g/mol. The number of anilines is 1. The van der Waals surface area contributed by atoms with Crippen LogP contribution in [0.1, 0.15) is 24.2 Å². The molecule has 2 nitrogen and oxygen atoms in total. The van der Waals surface area contributed by atoms with Crippen LogP contribution < -0.4 is 4.90 Å². The molecule has 2 heteroatoms. The number of aliphatic hydroxyl groups excluding tert-OH is 1. The fourth-order valence-corrected chi connectivity index (χ4v) is 2.87. The Bertz CT molecular complexity index is 552. The van der Waals surface area contributed by atoms with Gasteiger partial charge in [0.15, 0.2) is 0 Å². The van der Waals surface area contributed by atoms with E-state index in [-0.39, 0.29) is 0 Å². The van der Waals surface area contributed by atoms with Gasteiger partial charge >= 0.3 is 0 Å².